The van der Waals surface area contributed by atoms with Crippen LogP contribution in [0.1, 0.15) is 77.7 Å². The number of likely N-dealkylation sites (tertiary alicyclic amines) is 1. The molecule has 3 aromatic rings. The molecule has 1 saturated carbocycles. The Morgan fingerprint density at radius 3 is 2.52 bits per heavy atom. The Morgan fingerprint density at radius 1 is 1.00 bits per heavy atom. The Labute approximate surface area is 317 Å². The highest BCUT2D eigenvalue weighted by Crippen LogP contribution is 2.57. The number of allylic oxidation sites excluding steroid dienone is 2. The summed E-state index contributed by atoms with van der Waals surface area (Å²) in [6, 6.07) is 17.4. The maximum atomic E-state index is 14.6. The number of fused-ring (bicyclic) bond motifs is 5. The van der Waals surface area contributed by atoms with E-state index in [1.807, 2.05) is 69.3 Å². The number of esters is 1. The van der Waals surface area contributed by atoms with Crippen molar-refractivity contribution in [3.8, 4) is 17.0 Å². The van der Waals surface area contributed by atoms with Gasteiger partial charge in [0.1, 0.15) is 11.4 Å². The van der Waals surface area contributed by atoms with Gasteiger partial charge in [0.05, 0.1) is 36.2 Å². The van der Waals surface area contributed by atoms with Gasteiger partial charge in [-0.15, -0.1) is 0 Å². The molecule has 7 rings (SSSR count). The van der Waals surface area contributed by atoms with E-state index >= 15 is 0 Å². The lowest BCUT2D eigenvalue weighted by atomic mass is 9.85. The lowest BCUT2D eigenvalue weighted by Crippen LogP contribution is -2.48. The number of para-hydroxylation sites is 1. The van der Waals surface area contributed by atoms with E-state index in [2.05, 4.69) is 23.1 Å². The summed E-state index contributed by atoms with van der Waals surface area (Å²) in [5.74, 6) is -1.86. The number of methoxy groups -OCH3 is 1. The van der Waals surface area contributed by atoms with Crippen LogP contribution in [0, 0.1) is 29.1 Å². The van der Waals surface area contributed by atoms with Crippen LogP contribution in [0.5, 0.6) is 5.75 Å². The van der Waals surface area contributed by atoms with Crippen molar-refractivity contribution in [1.82, 2.24) is 14.8 Å². The van der Waals surface area contributed by atoms with E-state index in [1.165, 1.54) is 0 Å². The van der Waals surface area contributed by atoms with E-state index < -0.39 is 34.9 Å². The number of benzene rings is 2. The SMILES string of the molecule is COc1ccc(-c2cc(CN3C[C@H]4CN5C(=O)[C@@H](CC(=O)OC(C)(C)C)CCCCC/C=C\[C@@H]6C[C@@]6(C(=O)O)CC(=O)[C@@H]5[C@H]4C3)c3ccccc3n2)cc1. The summed E-state index contributed by atoms with van der Waals surface area (Å²) in [6.07, 6.45) is 8.26. The van der Waals surface area contributed by atoms with Crippen LogP contribution in [0.4, 0.5) is 0 Å². The summed E-state index contributed by atoms with van der Waals surface area (Å²) < 4.78 is 11.0. The molecule has 10 heteroatoms. The van der Waals surface area contributed by atoms with Crippen molar-refractivity contribution in [3.63, 3.8) is 0 Å². The van der Waals surface area contributed by atoms with Gasteiger partial charge in [0, 0.05) is 55.4 Å². The van der Waals surface area contributed by atoms with Crippen LogP contribution in [0.2, 0.25) is 0 Å². The molecule has 4 heterocycles. The number of amides is 1. The first-order valence-corrected chi connectivity index (χ1v) is 19.6. The van der Waals surface area contributed by atoms with Gasteiger partial charge in [-0.05, 0) is 100 Å². The summed E-state index contributed by atoms with van der Waals surface area (Å²) in [4.78, 5) is 64.1. The molecule has 10 nitrogen and oxygen atoms in total. The standard InChI is InChI=1S/C44H53N3O7/c1-43(2,3)54-39(49)21-29-12-8-6-5-7-9-13-32-22-44(32,42(51)52)23-38(48)40-35-27-46(25-31(35)26-47(40)41(29)50)24-30-20-37(28-16-18-33(53-4)19-17-28)45-36-15-11-10-14-34(30)36/h9-11,13-20,29,31-32,35,40H,5-8,12,21-27H2,1-4H3,(H,51,52)/b13-9-/t29-,31+,32-,35+,40+,44-/m1/s1. The fourth-order valence-electron chi connectivity index (χ4n) is 9.18. The molecule has 286 valence electrons. The normalized spacial score (nSPS) is 28.4. The Bertz CT molecular complexity index is 1930. The number of pyridine rings is 1. The van der Waals surface area contributed by atoms with Crippen LogP contribution < -0.4 is 4.74 Å². The minimum Gasteiger partial charge on any atom is -0.497 e. The van der Waals surface area contributed by atoms with E-state index in [9.17, 15) is 24.3 Å². The second kappa shape index (κ2) is 15.3. The first-order valence-electron chi connectivity index (χ1n) is 19.6. The Morgan fingerprint density at radius 2 is 1.78 bits per heavy atom. The first kappa shape index (κ1) is 37.7. The molecule has 1 aliphatic carbocycles. The van der Waals surface area contributed by atoms with E-state index in [0.717, 1.165) is 59.2 Å². The lowest BCUT2D eigenvalue weighted by Gasteiger charge is -2.32. The quantitative estimate of drug-likeness (QED) is 0.200. The number of ketones is 1. The summed E-state index contributed by atoms with van der Waals surface area (Å²) in [5, 5.41) is 11.5. The molecule has 0 radical (unpaired) electrons. The smallest absolute Gasteiger partial charge is 0.310 e. The molecule has 3 aliphatic heterocycles. The van der Waals surface area contributed by atoms with Crippen molar-refractivity contribution in [3.05, 3.63) is 72.3 Å². The largest absolute Gasteiger partial charge is 0.497 e. The molecule has 3 fully saturated rings. The van der Waals surface area contributed by atoms with Gasteiger partial charge in [-0.3, -0.25) is 24.1 Å². The number of nitrogens with zero attached hydrogens (tertiary/aromatic N) is 3. The lowest BCUT2D eigenvalue weighted by molar-refractivity contribution is -0.159. The predicted octanol–water partition coefficient (Wildman–Crippen LogP) is 7.09. The molecule has 1 N–H and O–H groups in total. The monoisotopic (exact) mass is 735 g/mol. The van der Waals surface area contributed by atoms with Gasteiger partial charge in [-0.25, -0.2) is 4.98 Å². The molecule has 0 bridgehead atoms. The number of hydrogen-bond donors (Lipinski definition) is 1. The number of aromatic nitrogens is 1. The second-order valence-corrected chi connectivity index (χ2v) is 16.9. The Hall–Kier alpha value is -4.57. The van der Waals surface area contributed by atoms with Crippen molar-refractivity contribution in [2.24, 2.45) is 29.1 Å². The molecule has 1 amide bonds. The zero-order chi connectivity index (χ0) is 38.2. The van der Waals surface area contributed by atoms with Crippen LogP contribution >= 0.6 is 0 Å². The van der Waals surface area contributed by atoms with Crippen molar-refractivity contribution in [1.29, 1.82) is 0 Å². The molecule has 6 atom stereocenters. The average Bonchev–Trinajstić information content (AvgIpc) is 3.51. The molecular weight excluding hydrogens is 682 g/mol. The number of ether oxygens (including phenoxy) is 2. The fourth-order valence-corrected chi connectivity index (χ4v) is 9.18. The number of carboxylic acid groups (broad SMARTS) is 1. The van der Waals surface area contributed by atoms with Gasteiger partial charge >= 0.3 is 11.9 Å². The van der Waals surface area contributed by atoms with Crippen LogP contribution in [0.3, 0.4) is 0 Å². The summed E-state index contributed by atoms with van der Waals surface area (Å²) in [5.41, 5.74) is 2.06. The maximum Gasteiger partial charge on any atom is 0.310 e. The number of aliphatic carboxylic acids is 1. The summed E-state index contributed by atoms with van der Waals surface area (Å²) in [7, 11) is 1.65. The predicted molar refractivity (Wildman–Crippen MR) is 205 cm³/mol. The third kappa shape index (κ3) is 7.95. The van der Waals surface area contributed by atoms with Gasteiger partial charge < -0.3 is 19.5 Å². The van der Waals surface area contributed by atoms with E-state index in [-0.39, 0.29) is 42.3 Å². The average molecular weight is 736 g/mol. The minimum absolute atomic E-state index is 0.0359. The third-order valence-electron chi connectivity index (χ3n) is 12.0. The number of carboxylic acids is 1. The van der Waals surface area contributed by atoms with E-state index in [1.54, 1.807) is 12.0 Å². The number of hydrogen-bond acceptors (Lipinski definition) is 8. The third-order valence-corrected chi connectivity index (χ3v) is 12.0. The number of carbonyl (C=O) groups excluding carboxylic acids is 3. The first-order chi connectivity index (χ1) is 25.8. The fraction of sp³-hybridized carbons (Fsp3) is 0.523. The van der Waals surface area contributed by atoms with Crippen molar-refractivity contribution >= 4 is 34.5 Å². The highest BCUT2D eigenvalue weighted by molar-refractivity contribution is 5.96. The molecule has 2 saturated heterocycles. The molecule has 0 spiro atoms. The molecule has 0 unspecified atom stereocenters. The molecule has 2 aromatic carbocycles. The minimum atomic E-state index is -1.14. The van der Waals surface area contributed by atoms with Gasteiger partial charge in [0.2, 0.25) is 5.91 Å². The Kier molecular flexibility index (Phi) is 10.7. The number of carbonyl (C=O) groups is 4. The number of rotatable bonds is 7. The van der Waals surface area contributed by atoms with Crippen molar-refractivity contribution in [2.75, 3.05) is 26.7 Å². The van der Waals surface area contributed by atoms with Crippen LogP contribution in [-0.2, 0) is 30.5 Å². The second-order valence-electron chi connectivity index (χ2n) is 16.9. The summed E-state index contributed by atoms with van der Waals surface area (Å²) in [6.45, 7) is 7.78. The van der Waals surface area contributed by atoms with Gasteiger partial charge in [-0.2, -0.15) is 0 Å². The molecule has 54 heavy (non-hydrogen) atoms. The zero-order valence-electron chi connectivity index (χ0n) is 32.0. The van der Waals surface area contributed by atoms with E-state index in [0.29, 0.717) is 39.0 Å². The van der Waals surface area contributed by atoms with Crippen molar-refractivity contribution in [2.45, 2.75) is 90.3 Å². The van der Waals surface area contributed by atoms with Crippen LogP contribution in [0.25, 0.3) is 22.2 Å². The summed E-state index contributed by atoms with van der Waals surface area (Å²) >= 11 is 0. The van der Waals surface area contributed by atoms with Crippen LogP contribution in [0.15, 0.2) is 66.7 Å². The molecule has 1 aromatic heterocycles. The van der Waals surface area contributed by atoms with Crippen LogP contribution in [-0.4, -0.2) is 81.9 Å². The highest BCUT2D eigenvalue weighted by atomic mass is 16.6. The van der Waals surface area contributed by atoms with Gasteiger partial charge in [0.25, 0.3) is 0 Å². The molecule has 4 aliphatic rings. The van der Waals surface area contributed by atoms with Gasteiger partial charge in [0.15, 0.2) is 5.78 Å². The Balaban J connectivity index is 1.17. The molecular formula is C44H53N3O7. The van der Waals surface area contributed by atoms with E-state index in [4.69, 9.17) is 14.5 Å². The topological polar surface area (TPSA) is 126 Å². The van der Waals surface area contributed by atoms with Crippen molar-refractivity contribution < 1.29 is 33.8 Å². The number of Topliss-reactive ketones (excluding diaryl/α,β-unsaturated/α-hetero) is 1. The van der Waals surface area contributed by atoms with Gasteiger partial charge in [-0.1, -0.05) is 43.2 Å². The highest BCUT2D eigenvalue weighted by Gasteiger charge is 2.62. The zero-order valence-corrected chi connectivity index (χ0v) is 32.0. The maximum absolute atomic E-state index is 14.6.